The average molecular weight is 292 g/mol. The molecule has 1 aromatic carbocycles. The summed E-state index contributed by atoms with van der Waals surface area (Å²) in [6.45, 7) is 0.610. The first-order valence-corrected chi connectivity index (χ1v) is 7.42. The van der Waals surface area contributed by atoms with Crippen LogP contribution >= 0.6 is 12.2 Å². The fraction of sp³-hybridized carbons (Fsp3) is 0.467. The van der Waals surface area contributed by atoms with Crippen molar-refractivity contribution in [2.75, 3.05) is 0 Å². The summed E-state index contributed by atoms with van der Waals surface area (Å²) in [6, 6.07) is 7.32. The van der Waals surface area contributed by atoms with Crippen LogP contribution in [0.25, 0.3) is 0 Å². The first-order valence-electron chi connectivity index (χ1n) is 7.02. The van der Waals surface area contributed by atoms with Gasteiger partial charge in [-0.2, -0.15) is 0 Å². The van der Waals surface area contributed by atoms with Gasteiger partial charge in [-0.05, 0) is 42.8 Å². The molecule has 0 atom stereocenters. The Kier molecular flexibility index (Phi) is 5.35. The summed E-state index contributed by atoms with van der Waals surface area (Å²) in [5, 5.41) is 16.0. The highest BCUT2D eigenvalue weighted by Gasteiger charge is 2.13. The van der Waals surface area contributed by atoms with Gasteiger partial charge >= 0.3 is 5.97 Å². The van der Waals surface area contributed by atoms with Gasteiger partial charge in [0.1, 0.15) is 0 Å². The average Bonchev–Trinajstić information content (AvgIpc) is 2.46. The Morgan fingerprint density at radius 2 is 1.85 bits per heavy atom. The third kappa shape index (κ3) is 4.49. The molecule has 0 heterocycles. The lowest BCUT2D eigenvalue weighted by molar-refractivity contribution is 0.0697. The zero-order valence-corrected chi connectivity index (χ0v) is 12.2. The van der Waals surface area contributed by atoms with Crippen LogP contribution in [0.5, 0.6) is 0 Å². The molecule has 0 unspecified atom stereocenters. The number of carbonyl (C=O) groups is 1. The van der Waals surface area contributed by atoms with Crippen LogP contribution < -0.4 is 10.6 Å². The van der Waals surface area contributed by atoms with Crippen LogP contribution in [0.15, 0.2) is 24.3 Å². The number of thiocarbonyl (C=S) groups is 1. The largest absolute Gasteiger partial charge is 0.478 e. The van der Waals surface area contributed by atoms with E-state index in [4.69, 9.17) is 17.3 Å². The molecule has 5 heteroatoms. The Labute approximate surface area is 124 Å². The summed E-state index contributed by atoms with van der Waals surface area (Å²) in [7, 11) is 0. The number of carboxylic acids is 1. The van der Waals surface area contributed by atoms with Crippen LogP contribution in [0.3, 0.4) is 0 Å². The molecule has 0 aliphatic heterocycles. The van der Waals surface area contributed by atoms with Gasteiger partial charge in [0.2, 0.25) is 0 Å². The van der Waals surface area contributed by atoms with Gasteiger partial charge in [0.15, 0.2) is 5.11 Å². The zero-order chi connectivity index (χ0) is 14.4. The van der Waals surface area contributed by atoms with Crippen LogP contribution in [0.2, 0.25) is 0 Å². The van der Waals surface area contributed by atoms with Gasteiger partial charge in [-0.1, -0.05) is 31.4 Å². The highest BCUT2D eigenvalue weighted by Crippen LogP contribution is 2.17. The van der Waals surface area contributed by atoms with E-state index in [0.717, 1.165) is 5.56 Å². The number of hydrogen-bond donors (Lipinski definition) is 3. The molecular formula is C15H20N2O2S. The van der Waals surface area contributed by atoms with E-state index in [9.17, 15) is 4.79 Å². The summed E-state index contributed by atoms with van der Waals surface area (Å²) in [4.78, 5) is 10.8. The smallest absolute Gasteiger partial charge is 0.335 e. The first kappa shape index (κ1) is 14.8. The number of aromatic carboxylic acids is 1. The molecular weight excluding hydrogens is 272 g/mol. The Hall–Kier alpha value is -1.62. The molecule has 1 fully saturated rings. The van der Waals surface area contributed by atoms with Crippen molar-refractivity contribution in [3.63, 3.8) is 0 Å². The lowest BCUT2D eigenvalue weighted by atomic mass is 9.96. The van der Waals surface area contributed by atoms with Crippen LogP contribution in [0.4, 0.5) is 0 Å². The van der Waals surface area contributed by atoms with E-state index in [2.05, 4.69) is 10.6 Å². The molecule has 1 aromatic rings. The number of hydrogen-bond acceptors (Lipinski definition) is 2. The minimum Gasteiger partial charge on any atom is -0.478 e. The van der Waals surface area contributed by atoms with E-state index in [1.807, 2.05) is 0 Å². The number of carboxylic acid groups (broad SMARTS) is 1. The molecule has 0 bridgehead atoms. The predicted octanol–water partition coefficient (Wildman–Crippen LogP) is 2.68. The second-order valence-corrected chi connectivity index (χ2v) is 5.57. The van der Waals surface area contributed by atoms with Gasteiger partial charge in [-0.15, -0.1) is 0 Å². The Balaban J connectivity index is 1.76. The van der Waals surface area contributed by atoms with Crippen LogP contribution in [0, 0.1) is 0 Å². The molecule has 1 aliphatic carbocycles. The lowest BCUT2D eigenvalue weighted by Gasteiger charge is -2.24. The van der Waals surface area contributed by atoms with Crippen LogP contribution in [-0.2, 0) is 6.54 Å². The fourth-order valence-electron chi connectivity index (χ4n) is 2.43. The van der Waals surface area contributed by atoms with Gasteiger partial charge in [0.25, 0.3) is 0 Å². The van der Waals surface area contributed by atoms with Crippen molar-refractivity contribution in [3.05, 3.63) is 35.4 Å². The molecule has 3 N–H and O–H groups in total. The van der Waals surface area contributed by atoms with E-state index in [1.54, 1.807) is 24.3 Å². The van der Waals surface area contributed by atoms with Crippen LogP contribution in [0.1, 0.15) is 48.0 Å². The lowest BCUT2D eigenvalue weighted by Crippen LogP contribution is -2.42. The SMILES string of the molecule is O=C(O)c1ccc(CNC(=S)NC2CCCCC2)cc1. The maximum atomic E-state index is 10.8. The van der Waals surface area contributed by atoms with Crippen molar-refractivity contribution >= 4 is 23.3 Å². The molecule has 0 amide bonds. The Bertz CT molecular complexity index is 467. The first-order chi connectivity index (χ1) is 9.65. The molecule has 0 aromatic heterocycles. The molecule has 2 rings (SSSR count). The van der Waals surface area contributed by atoms with E-state index < -0.39 is 5.97 Å². The van der Waals surface area contributed by atoms with Gasteiger partial charge in [0.05, 0.1) is 5.56 Å². The van der Waals surface area contributed by atoms with Crippen molar-refractivity contribution in [3.8, 4) is 0 Å². The number of rotatable bonds is 4. The van der Waals surface area contributed by atoms with E-state index in [1.165, 1.54) is 32.1 Å². The third-order valence-electron chi connectivity index (χ3n) is 3.59. The molecule has 0 saturated heterocycles. The second kappa shape index (κ2) is 7.24. The molecule has 4 nitrogen and oxygen atoms in total. The standard InChI is InChI=1S/C15H20N2O2S/c18-14(19)12-8-6-11(7-9-12)10-16-15(20)17-13-4-2-1-3-5-13/h6-9,13H,1-5,10H2,(H,18,19)(H2,16,17,20). The van der Waals surface area contributed by atoms with Crippen molar-refractivity contribution in [1.29, 1.82) is 0 Å². The molecule has 0 radical (unpaired) electrons. The highest BCUT2D eigenvalue weighted by atomic mass is 32.1. The van der Waals surface area contributed by atoms with Gasteiger partial charge in [0, 0.05) is 12.6 Å². The second-order valence-electron chi connectivity index (χ2n) is 5.16. The monoisotopic (exact) mass is 292 g/mol. The van der Waals surface area contributed by atoms with E-state index in [-0.39, 0.29) is 0 Å². The maximum absolute atomic E-state index is 10.8. The summed E-state index contributed by atoms with van der Waals surface area (Å²) in [6.07, 6.45) is 6.26. The molecule has 1 aliphatic rings. The number of benzene rings is 1. The van der Waals surface area contributed by atoms with Crippen LogP contribution in [-0.4, -0.2) is 22.2 Å². The Morgan fingerprint density at radius 3 is 2.45 bits per heavy atom. The summed E-state index contributed by atoms with van der Waals surface area (Å²) in [5.74, 6) is -0.904. The molecule has 1 saturated carbocycles. The molecule has 20 heavy (non-hydrogen) atoms. The molecule has 0 spiro atoms. The minimum absolute atomic E-state index is 0.302. The topological polar surface area (TPSA) is 61.4 Å². The van der Waals surface area contributed by atoms with Crippen molar-refractivity contribution in [2.24, 2.45) is 0 Å². The van der Waals surface area contributed by atoms with Crippen molar-refractivity contribution in [2.45, 2.75) is 44.7 Å². The van der Waals surface area contributed by atoms with E-state index >= 15 is 0 Å². The van der Waals surface area contributed by atoms with Gasteiger partial charge in [-0.25, -0.2) is 4.79 Å². The number of nitrogens with one attached hydrogen (secondary N) is 2. The van der Waals surface area contributed by atoms with Gasteiger partial charge in [-0.3, -0.25) is 0 Å². The maximum Gasteiger partial charge on any atom is 0.335 e. The van der Waals surface area contributed by atoms with Crippen molar-refractivity contribution in [1.82, 2.24) is 10.6 Å². The summed E-state index contributed by atoms with van der Waals surface area (Å²) in [5.41, 5.74) is 1.32. The quantitative estimate of drug-likeness (QED) is 0.745. The van der Waals surface area contributed by atoms with Gasteiger partial charge < -0.3 is 15.7 Å². The van der Waals surface area contributed by atoms with E-state index in [0.29, 0.717) is 23.3 Å². The Morgan fingerprint density at radius 1 is 1.20 bits per heavy atom. The third-order valence-corrected chi connectivity index (χ3v) is 3.86. The summed E-state index contributed by atoms with van der Waals surface area (Å²) < 4.78 is 0. The normalized spacial score (nSPS) is 15.6. The highest BCUT2D eigenvalue weighted by molar-refractivity contribution is 7.80. The van der Waals surface area contributed by atoms with Crippen molar-refractivity contribution < 1.29 is 9.90 Å². The minimum atomic E-state index is -0.904. The summed E-state index contributed by atoms with van der Waals surface area (Å²) >= 11 is 5.28. The zero-order valence-electron chi connectivity index (χ0n) is 11.4. The molecule has 108 valence electrons. The predicted molar refractivity (Wildman–Crippen MR) is 82.8 cm³/mol. The fourth-order valence-corrected chi connectivity index (χ4v) is 2.67.